The zero-order chi connectivity index (χ0) is 22.7. The van der Waals surface area contributed by atoms with Gasteiger partial charge in [-0.05, 0) is 23.8 Å². The Balaban J connectivity index is 1.73. The van der Waals surface area contributed by atoms with Gasteiger partial charge in [-0.25, -0.2) is 4.79 Å². The van der Waals surface area contributed by atoms with Crippen LogP contribution in [0.2, 0.25) is 0 Å². The Labute approximate surface area is 189 Å². The summed E-state index contributed by atoms with van der Waals surface area (Å²) in [6.45, 7) is 4.96. The average molecular weight is 455 g/mol. The molecule has 0 amide bonds. The van der Waals surface area contributed by atoms with Crippen LogP contribution in [0.3, 0.4) is 0 Å². The lowest BCUT2D eigenvalue weighted by atomic mass is 10.2. The Morgan fingerprint density at radius 2 is 1.38 bits per heavy atom. The molecule has 1 aliphatic heterocycles. The standard InChI is InChI=1S/C23H34O9/c1-25-21-5-2-20(3-6-21)4-7-23(24)32-19-22-18-30-15-14-28-11-10-26-8-9-27-12-13-29-16-17-31-22/h2-7,22H,8-19H2,1H3/b7-4+. The lowest BCUT2D eigenvalue weighted by Gasteiger charge is -2.18. The summed E-state index contributed by atoms with van der Waals surface area (Å²) < 4.78 is 43.5. The van der Waals surface area contributed by atoms with Gasteiger partial charge in [0.25, 0.3) is 0 Å². The zero-order valence-corrected chi connectivity index (χ0v) is 18.7. The molecule has 1 aromatic carbocycles. The third-order valence-electron chi connectivity index (χ3n) is 4.31. The summed E-state index contributed by atoms with van der Waals surface area (Å²) in [6.07, 6.45) is 2.65. The van der Waals surface area contributed by atoms with Crippen molar-refractivity contribution >= 4 is 12.0 Å². The molecule has 9 heteroatoms. The predicted octanol–water partition coefficient (Wildman–Crippen LogP) is 1.73. The Morgan fingerprint density at radius 1 is 0.844 bits per heavy atom. The second-order valence-electron chi connectivity index (χ2n) is 6.75. The SMILES string of the molecule is COc1ccc(/C=C/C(=O)OCC2COCCOCCOCCOCCOCCO2)cc1. The third kappa shape index (κ3) is 12.7. The molecule has 32 heavy (non-hydrogen) atoms. The van der Waals surface area contributed by atoms with Crippen molar-refractivity contribution in [2.75, 3.05) is 86.4 Å². The van der Waals surface area contributed by atoms with Crippen LogP contribution in [-0.2, 0) is 38.0 Å². The van der Waals surface area contributed by atoms with Crippen LogP contribution >= 0.6 is 0 Å². The van der Waals surface area contributed by atoms with Gasteiger partial charge >= 0.3 is 5.97 Å². The number of rotatable bonds is 5. The van der Waals surface area contributed by atoms with Gasteiger partial charge in [0, 0.05) is 6.08 Å². The van der Waals surface area contributed by atoms with E-state index in [4.69, 9.17) is 37.9 Å². The lowest BCUT2D eigenvalue weighted by molar-refractivity contribution is -0.145. The van der Waals surface area contributed by atoms with Crippen molar-refractivity contribution in [1.82, 2.24) is 0 Å². The summed E-state index contributed by atoms with van der Waals surface area (Å²) in [5, 5.41) is 0. The van der Waals surface area contributed by atoms with Crippen LogP contribution in [0.15, 0.2) is 30.3 Å². The summed E-state index contributed by atoms with van der Waals surface area (Å²) in [4.78, 5) is 12.1. The molecular weight excluding hydrogens is 420 g/mol. The van der Waals surface area contributed by atoms with E-state index in [0.717, 1.165) is 11.3 Å². The largest absolute Gasteiger partial charge is 0.497 e. The summed E-state index contributed by atoms with van der Waals surface area (Å²) in [6, 6.07) is 7.35. The van der Waals surface area contributed by atoms with Gasteiger partial charge in [-0.2, -0.15) is 0 Å². The van der Waals surface area contributed by atoms with Crippen LogP contribution in [0.1, 0.15) is 5.56 Å². The van der Waals surface area contributed by atoms with Crippen molar-refractivity contribution in [2.45, 2.75) is 6.10 Å². The second kappa shape index (κ2) is 17.5. The van der Waals surface area contributed by atoms with Crippen LogP contribution in [0.25, 0.3) is 6.08 Å². The van der Waals surface area contributed by atoms with E-state index in [9.17, 15) is 4.79 Å². The van der Waals surface area contributed by atoms with Gasteiger partial charge in [-0.15, -0.1) is 0 Å². The highest BCUT2D eigenvalue weighted by Gasteiger charge is 2.12. The fourth-order valence-electron chi connectivity index (χ4n) is 2.61. The second-order valence-corrected chi connectivity index (χ2v) is 6.75. The Hall–Kier alpha value is -2.01. The molecule has 1 heterocycles. The number of esters is 1. The molecule has 1 saturated heterocycles. The van der Waals surface area contributed by atoms with E-state index in [0.29, 0.717) is 66.1 Å². The molecule has 0 aromatic heterocycles. The minimum atomic E-state index is -0.458. The zero-order valence-electron chi connectivity index (χ0n) is 18.7. The van der Waals surface area contributed by atoms with E-state index >= 15 is 0 Å². The van der Waals surface area contributed by atoms with Crippen molar-refractivity contribution in [1.29, 1.82) is 0 Å². The first kappa shape index (κ1) is 26.2. The number of methoxy groups -OCH3 is 1. The summed E-state index contributed by atoms with van der Waals surface area (Å²) in [5.74, 6) is 0.295. The first-order valence-electron chi connectivity index (χ1n) is 10.8. The Bertz CT molecular complexity index is 615. The van der Waals surface area contributed by atoms with Gasteiger partial charge in [-0.3, -0.25) is 0 Å². The van der Waals surface area contributed by atoms with E-state index < -0.39 is 12.1 Å². The molecule has 1 aromatic rings. The molecule has 0 radical (unpaired) electrons. The molecule has 0 N–H and O–H groups in total. The average Bonchev–Trinajstić information content (AvgIpc) is 2.82. The maximum atomic E-state index is 12.1. The molecule has 0 saturated carbocycles. The highest BCUT2D eigenvalue weighted by Crippen LogP contribution is 2.12. The molecule has 0 spiro atoms. The summed E-state index contributed by atoms with van der Waals surface area (Å²) in [5.41, 5.74) is 0.866. The molecule has 0 aliphatic carbocycles. The third-order valence-corrected chi connectivity index (χ3v) is 4.31. The number of hydrogen-bond acceptors (Lipinski definition) is 9. The lowest BCUT2D eigenvalue weighted by Crippen LogP contribution is -2.29. The van der Waals surface area contributed by atoms with Crippen LogP contribution in [-0.4, -0.2) is 98.5 Å². The molecule has 9 nitrogen and oxygen atoms in total. The highest BCUT2D eigenvalue weighted by atomic mass is 16.6. The predicted molar refractivity (Wildman–Crippen MR) is 117 cm³/mol. The molecule has 1 unspecified atom stereocenters. The topological polar surface area (TPSA) is 90.9 Å². The first-order chi connectivity index (χ1) is 15.8. The van der Waals surface area contributed by atoms with Gasteiger partial charge in [-0.1, -0.05) is 12.1 Å². The number of carbonyl (C=O) groups is 1. The Kier molecular flexibility index (Phi) is 14.4. The molecule has 1 aliphatic rings. The normalized spacial score (nSPS) is 20.8. The van der Waals surface area contributed by atoms with Crippen LogP contribution in [0, 0.1) is 0 Å². The van der Waals surface area contributed by atoms with Crippen LogP contribution < -0.4 is 4.74 Å². The molecule has 0 bridgehead atoms. The van der Waals surface area contributed by atoms with Crippen molar-refractivity contribution in [3.8, 4) is 5.75 Å². The number of hydrogen-bond donors (Lipinski definition) is 0. The smallest absolute Gasteiger partial charge is 0.330 e. The summed E-state index contributed by atoms with van der Waals surface area (Å²) in [7, 11) is 1.60. The maximum Gasteiger partial charge on any atom is 0.330 e. The van der Waals surface area contributed by atoms with Gasteiger partial charge in [0.1, 0.15) is 18.5 Å². The molecule has 2 rings (SSSR count). The van der Waals surface area contributed by atoms with Gasteiger partial charge in [0.2, 0.25) is 0 Å². The minimum absolute atomic E-state index is 0.0730. The van der Waals surface area contributed by atoms with E-state index in [1.807, 2.05) is 24.3 Å². The fourth-order valence-corrected chi connectivity index (χ4v) is 2.61. The van der Waals surface area contributed by atoms with E-state index in [1.165, 1.54) is 6.08 Å². The first-order valence-corrected chi connectivity index (χ1v) is 10.8. The molecular formula is C23H34O9. The van der Waals surface area contributed by atoms with Gasteiger partial charge < -0.3 is 37.9 Å². The van der Waals surface area contributed by atoms with Crippen molar-refractivity contribution in [2.24, 2.45) is 0 Å². The van der Waals surface area contributed by atoms with Crippen molar-refractivity contribution < 1.29 is 42.7 Å². The Morgan fingerprint density at radius 3 is 1.94 bits per heavy atom. The van der Waals surface area contributed by atoms with Crippen molar-refractivity contribution in [3.05, 3.63) is 35.9 Å². The number of benzene rings is 1. The number of ether oxygens (including phenoxy) is 8. The number of carbonyl (C=O) groups excluding carboxylic acids is 1. The van der Waals surface area contributed by atoms with E-state index in [1.54, 1.807) is 13.2 Å². The molecule has 1 fully saturated rings. The quantitative estimate of drug-likeness (QED) is 0.487. The molecule has 1 atom stereocenters. The fraction of sp³-hybridized carbons (Fsp3) is 0.609. The monoisotopic (exact) mass is 454 g/mol. The van der Waals surface area contributed by atoms with E-state index in [2.05, 4.69) is 0 Å². The van der Waals surface area contributed by atoms with E-state index in [-0.39, 0.29) is 13.2 Å². The van der Waals surface area contributed by atoms with Gasteiger partial charge in [0.15, 0.2) is 0 Å². The van der Waals surface area contributed by atoms with Crippen molar-refractivity contribution in [3.63, 3.8) is 0 Å². The molecule has 180 valence electrons. The van der Waals surface area contributed by atoms with Gasteiger partial charge in [0.05, 0.1) is 79.8 Å². The minimum Gasteiger partial charge on any atom is -0.497 e. The highest BCUT2D eigenvalue weighted by molar-refractivity contribution is 5.87. The van der Waals surface area contributed by atoms with Crippen LogP contribution in [0.4, 0.5) is 0 Å². The summed E-state index contributed by atoms with van der Waals surface area (Å²) >= 11 is 0. The van der Waals surface area contributed by atoms with Crippen LogP contribution in [0.5, 0.6) is 5.75 Å². The maximum absolute atomic E-state index is 12.1.